The molecule has 0 amide bonds. The van der Waals surface area contributed by atoms with E-state index in [1.165, 1.54) is 36.7 Å². The zero-order valence-electron chi connectivity index (χ0n) is 8.60. The van der Waals surface area contributed by atoms with E-state index >= 15 is 0 Å². The number of likely N-dealkylation sites (N-methyl/N-ethyl adjacent to an activating group) is 1. The van der Waals surface area contributed by atoms with Crippen molar-refractivity contribution in [2.24, 2.45) is 0 Å². The number of carbonyl (C=O) groups is 1. The van der Waals surface area contributed by atoms with E-state index in [1.807, 2.05) is 6.92 Å². The highest BCUT2D eigenvalue weighted by molar-refractivity contribution is 8.01. The topological polar surface area (TPSA) is 64.1 Å². The molecular weight excluding hydrogens is 234 g/mol. The Labute approximate surface area is 96.8 Å². The van der Waals surface area contributed by atoms with E-state index in [0.717, 1.165) is 10.9 Å². The Morgan fingerprint density at radius 1 is 1.80 bits per heavy atom. The second kappa shape index (κ2) is 6.76. The molecule has 0 bridgehead atoms. The van der Waals surface area contributed by atoms with Gasteiger partial charge in [0.2, 0.25) is 0 Å². The molecule has 5 nitrogen and oxygen atoms in total. The van der Waals surface area contributed by atoms with Crippen molar-refractivity contribution in [1.82, 2.24) is 14.7 Å². The molecule has 0 aliphatic rings. The Morgan fingerprint density at radius 3 is 3.13 bits per heavy atom. The van der Waals surface area contributed by atoms with Gasteiger partial charge in [-0.1, -0.05) is 18.7 Å². The Morgan fingerprint density at radius 2 is 2.60 bits per heavy atom. The average molecular weight is 247 g/mol. The van der Waals surface area contributed by atoms with Crippen molar-refractivity contribution in [3.8, 4) is 0 Å². The summed E-state index contributed by atoms with van der Waals surface area (Å²) in [5.74, 6) is 0.365. The highest BCUT2D eigenvalue weighted by atomic mass is 32.2. The molecule has 1 aromatic rings. The van der Waals surface area contributed by atoms with Gasteiger partial charge in [-0.15, -0.1) is 0 Å². The molecule has 0 aliphatic heterocycles. The maximum Gasteiger partial charge on any atom is 0.323 e. The molecule has 0 aliphatic carbocycles. The fourth-order valence-corrected chi connectivity index (χ4v) is 2.49. The zero-order chi connectivity index (χ0) is 11.1. The fraction of sp³-hybridized carbons (Fsp3) is 0.625. The van der Waals surface area contributed by atoms with E-state index in [1.54, 1.807) is 0 Å². The first kappa shape index (κ1) is 12.4. The summed E-state index contributed by atoms with van der Waals surface area (Å²) in [6.07, 6.45) is 1.51. The fourth-order valence-electron chi connectivity index (χ4n) is 0.980. The highest BCUT2D eigenvalue weighted by Gasteiger charge is 2.18. The Balaban J connectivity index is 2.41. The molecule has 0 saturated carbocycles. The van der Waals surface area contributed by atoms with Gasteiger partial charge < -0.3 is 10.1 Å². The van der Waals surface area contributed by atoms with Crippen molar-refractivity contribution in [3.63, 3.8) is 0 Å². The van der Waals surface area contributed by atoms with Crippen molar-refractivity contribution in [2.45, 2.75) is 17.3 Å². The number of hydrogen-bond acceptors (Lipinski definition) is 7. The summed E-state index contributed by atoms with van der Waals surface area (Å²) in [7, 11) is 1.39. The number of nitrogens with zero attached hydrogens (tertiary/aromatic N) is 2. The number of esters is 1. The summed E-state index contributed by atoms with van der Waals surface area (Å²) >= 11 is 2.82. The predicted molar refractivity (Wildman–Crippen MR) is 60.1 cm³/mol. The molecule has 15 heavy (non-hydrogen) atoms. The van der Waals surface area contributed by atoms with Crippen LogP contribution < -0.4 is 5.32 Å². The second-order valence-electron chi connectivity index (χ2n) is 2.65. The van der Waals surface area contributed by atoms with Crippen molar-refractivity contribution < 1.29 is 9.53 Å². The number of methoxy groups -OCH3 is 1. The van der Waals surface area contributed by atoms with Gasteiger partial charge in [-0.3, -0.25) is 4.79 Å². The van der Waals surface area contributed by atoms with Gasteiger partial charge in [-0.05, 0) is 18.1 Å². The van der Waals surface area contributed by atoms with Crippen LogP contribution in [0.3, 0.4) is 0 Å². The van der Waals surface area contributed by atoms with Crippen LogP contribution in [-0.4, -0.2) is 40.8 Å². The molecule has 0 saturated heterocycles. The number of ether oxygens (including phenoxy) is 1. The van der Waals surface area contributed by atoms with Gasteiger partial charge in [0.25, 0.3) is 0 Å². The van der Waals surface area contributed by atoms with E-state index in [4.69, 9.17) is 0 Å². The van der Waals surface area contributed by atoms with Gasteiger partial charge >= 0.3 is 5.97 Å². The highest BCUT2D eigenvalue weighted by Crippen LogP contribution is 2.19. The minimum Gasteiger partial charge on any atom is -0.468 e. The van der Waals surface area contributed by atoms with E-state index in [9.17, 15) is 4.79 Å². The smallest absolute Gasteiger partial charge is 0.323 e. The van der Waals surface area contributed by atoms with Crippen LogP contribution in [0.25, 0.3) is 0 Å². The lowest BCUT2D eigenvalue weighted by Crippen LogP contribution is -2.39. The molecule has 1 N–H and O–H groups in total. The third kappa shape index (κ3) is 4.15. The third-order valence-corrected chi connectivity index (χ3v) is 3.54. The van der Waals surface area contributed by atoms with E-state index in [0.29, 0.717) is 5.75 Å². The average Bonchev–Trinajstić information content (AvgIpc) is 2.76. The zero-order valence-corrected chi connectivity index (χ0v) is 10.2. The number of aromatic nitrogens is 2. The predicted octanol–water partition coefficient (Wildman–Crippen LogP) is 0.781. The first-order chi connectivity index (χ1) is 7.27. The molecule has 7 heteroatoms. The molecule has 1 atom stereocenters. The quantitative estimate of drug-likeness (QED) is 0.592. The standard InChI is InChI=1S/C8H13N3O2S2/c1-3-9-6(7(12)13-2)4-14-8-10-5-11-15-8/h5-6,9H,3-4H2,1-2H3. The summed E-state index contributed by atoms with van der Waals surface area (Å²) in [5.41, 5.74) is 0. The number of carbonyl (C=O) groups excluding carboxylic acids is 1. The van der Waals surface area contributed by atoms with Gasteiger partial charge in [0.1, 0.15) is 12.4 Å². The van der Waals surface area contributed by atoms with Crippen LogP contribution in [0.4, 0.5) is 0 Å². The van der Waals surface area contributed by atoms with Crippen LogP contribution in [0.2, 0.25) is 0 Å². The van der Waals surface area contributed by atoms with Gasteiger partial charge in [0.05, 0.1) is 7.11 Å². The molecule has 1 aromatic heterocycles. The first-order valence-electron chi connectivity index (χ1n) is 4.48. The van der Waals surface area contributed by atoms with Crippen LogP contribution in [0.15, 0.2) is 10.7 Å². The van der Waals surface area contributed by atoms with Crippen molar-refractivity contribution in [2.75, 3.05) is 19.4 Å². The lowest BCUT2D eigenvalue weighted by atomic mass is 10.3. The van der Waals surface area contributed by atoms with Crippen LogP contribution in [0.1, 0.15) is 6.92 Å². The normalized spacial score (nSPS) is 12.4. The molecule has 84 valence electrons. The number of rotatable bonds is 6. The Kier molecular flexibility index (Phi) is 5.59. The molecule has 1 heterocycles. The first-order valence-corrected chi connectivity index (χ1v) is 6.24. The SMILES string of the molecule is CCNC(CSc1ncns1)C(=O)OC. The number of hydrogen-bond donors (Lipinski definition) is 1. The van der Waals surface area contributed by atoms with Crippen LogP contribution in [-0.2, 0) is 9.53 Å². The van der Waals surface area contributed by atoms with Crippen molar-refractivity contribution in [1.29, 1.82) is 0 Å². The summed E-state index contributed by atoms with van der Waals surface area (Å²) in [4.78, 5) is 15.4. The molecule has 0 spiro atoms. The van der Waals surface area contributed by atoms with Gasteiger partial charge in [-0.25, -0.2) is 4.98 Å². The lowest BCUT2D eigenvalue weighted by Gasteiger charge is -2.13. The van der Waals surface area contributed by atoms with Crippen molar-refractivity contribution >= 4 is 29.3 Å². The van der Waals surface area contributed by atoms with E-state index < -0.39 is 0 Å². The van der Waals surface area contributed by atoms with Crippen LogP contribution in [0.5, 0.6) is 0 Å². The molecule has 1 rings (SSSR count). The van der Waals surface area contributed by atoms with Crippen LogP contribution >= 0.6 is 23.3 Å². The molecule has 0 fully saturated rings. The van der Waals surface area contributed by atoms with Crippen LogP contribution in [0, 0.1) is 0 Å². The van der Waals surface area contributed by atoms with E-state index in [2.05, 4.69) is 19.4 Å². The second-order valence-corrected chi connectivity index (χ2v) is 4.70. The minimum absolute atomic E-state index is 0.242. The minimum atomic E-state index is -0.283. The number of nitrogens with one attached hydrogen (secondary N) is 1. The Hall–Kier alpha value is -0.660. The maximum absolute atomic E-state index is 11.3. The van der Waals surface area contributed by atoms with Crippen molar-refractivity contribution in [3.05, 3.63) is 6.33 Å². The maximum atomic E-state index is 11.3. The lowest BCUT2D eigenvalue weighted by molar-refractivity contribution is -0.142. The van der Waals surface area contributed by atoms with Gasteiger partial charge in [0.15, 0.2) is 4.34 Å². The summed E-state index contributed by atoms with van der Waals surface area (Å²) in [6, 6.07) is -0.283. The molecule has 1 unspecified atom stereocenters. The molecule has 0 radical (unpaired) electrons. The van der Waals surface area contributed by atoms with E-state index in [-0.39, 0.29) is 12.0 Å². The molecular formula is C8H13N3O2S2. The summed E-state index contributed by atoms with van der Waals surface area (Å²) in [6.45, 7) is 2.68. The summed E-state index contributed by atoms with van der Waals surface area (Å²) < 4.78 is 9.43. The molecule has 0 aromatic carbocycles. The largest absolute Gasteiger partial charge is 0.468 e. The number of thioether (sulfide) groups is 1. The van der Waals surface area contributed by atoms with Gasteiger partial charge in [0, 0.05) is 5.75 Å². The van der Waals surface area contributed by atoms with Gasteiger partial charge in [-0.2, -0.15) is 4.37 Å². The Bertz CT molecular complexity index is 292. The third-order valence-electron chi connectivity index (χ3n) is 1.65. The monoisotopic (exact) mass is 247 g/mol. The summed E-state index contributed by atoms with van der Waals surface area (Å²) in [5, 5.41) is 3.06.